The van der Waals surface area contributed by atoms with Crippen LogP contribution >= 0.6 is 11.8 Å². The predicted molar refractivity (Wildman–Crippen MR) is 108 cm³/mol. The minimum absolute atomic E-state index is 0.306. The monoisotopic (exact) mass is 434 g/mol. The fourth-order valence-corrected chi connectivity index (χ4v) is 4.17. The van der Waals surface area contributed by atoms with Gasteiger partial charge in [0.25, 0.3) is 0 Å². The van der Waals surface area contributed by atoms with Crippen molar-refractivity contribution in [1.82, 2.24) is 0 Å². The summed E-state index contributed by atoms with van der Waals surface area (Å²) in [5, 5.41) is 1.49. The average molecular weight is 435 g/mol. The molecular formula is C20H25F3O3S2. The lowest BCUT2D eigenvalue weighted by Crippen LogP contribution is -2.28. The molecule has 0 aromatic heterocycles. The van der Waals surface area contributed by atoms with Crippen molar-refractivity contribution in [3.8, 4) is 5.75 Å². The molecule has 0 amide bonds. The first-order valence-electron chi connectivity index (χ1n) is 9.22. The Balaban J connectivity index is 2.35. The molecular weight excluding hydrogens is 409 g/mol. The Morgan fingerprint density at radius 1 is 1.11 bits per heavy atom. The summed E-state index contributed by atoms with van der Waals surface area (Å²) in [6.45, 7) is 4.35. The van der Waals surface area contributed by atoms with Crippen molar-refractivity contribution in [3.05, 3.63) is 35.9 Å². The molecule has 8 heteroatoms. The smallest absolute Gasteiger partial charge is 0.375 e. The number of hydrogen-bond donors (Lipinski definition) is 0. The van der Waals surface area contributed by atoms with E-state index in [1.165, 1.54) is 24.5 Å². The molecule has 0 bridgehead atoms. The highest BCUT2D eigenvalue weighted by atomic mass is 32.2. The first kappa shape index (κ1) is 22.9. The molecule has 156 valence electrons. The van der Waals surface area contributed by atoms with Crippen LogP contribution in [0, 0.1) is 5.92 Å². The number of thioether (sulfide) groups is 1. The minimum Gasteiger partial charge on any atom is -0.375 e. The largest absolute Gasteiger partial charge is 0.534 e. The number of rotatable bonds is 9. The van der Waals surface area contributed by atoms with E-state index < -0.39 is 15.6 Å². The van der Waals surface area contributed by atoms with Gasteiger partial charge in [0.1, 0.15) is 0 Å². The summed E-state index contributed by atoms with van der Waals surface area (Å²) in [5.41, 5.74) is -4.30. The third-order valence-corrected chi connectivity index (χ3v) is 6.46. The maximum atomic E-state index is 12.6. The fraction of sp³-hybridized carbons (Fsp3) is 0.500. The van der Waals surface area contributed by atoms with Crippen LogP contribution in [0.1, 0.15) is 45.1 Å². The zero-order chi connectivity index (χ0) is 20.9. The van der Waals surface area contributed by atoms with E-state index in [0.717, 1.165) is 36.4 Å². The topological polar surface area (TPSA) is 43.4 Å². The SMILES string of the molecule is CCCCC(CC)Cc1ccc2cc(OS(=O)(=O)C(F)(F)F)c(SC)cc2c1. The van der Waals surface area contributed by atoms with Crippen molar-refractivity contribution in [1.29, 1.82) is 0 Å². The van der Waals surface area contributed by atoms with Gasteiger partial charge in [-0.05, 0) is 47.1 Å². The van der Waals surface area contributed by atoms with Crippen molar-refractivity contribution in [3.63, 3.8) is 0 Å². The fourth-order valence-electron chi connectivity index (χ4n) is 3.10. The Labute approximate surface area is 168 Å². The molecule has 2 aromatic rings. The van der Waals surface area contributed by atoms with E-state index in [9.17, 15) is 21.6 Å². The van der Waals surface area contributed by atoms with E-state index in [1.54, 1.807) is 18.4 Å². The summed E-state index contributed by atoms with van der Waals surface area (Å²) in [6.07, 6.45) is 7.23. The highest BCUT2D eigenvalue weighted by Crippen LogP contribution is 2.36. The van der Waals surface area contributed by atoms with Crippen LogP contribution in [0.25, 0.3) is 10.8 Å². The van der Waals surface area contributed by atoms with Crippen LogP contribution in [-0.4, -0.2) is 20.2 Å². The lowest BCUT2D eigenvalue weighted by molar-refractivity contribution is -0.0500. The van der Waals surface area contributed by atoms with Crippen LogP contribution in [0.15, 0.2) is 35.2 Å². The lowest BCUT2D eigenvalue weighted by Gasteiger charge is -2.16. The number of unbranched alkanes of at least 4 members (excludes halogenated alkanes) is 1. The van der Waals surface area contributed by atoms with Crippen LogP contribution in [0.5, 0.6) is 5.75 Å². The average Bonchev–Trinajstić information content (AvgIpc) is 2.63. The predicted octanol–water partition coefficient (Wildman–Crippen LogP) is 6.55. The lowest BCUT2D eigenvalue weighted by atomic mass is 9.91. The first-order valence-corrected chi connectivity index (χ1v) is 11.9. The summed E-state index contributed by atoms with van der Waals surface area (Å²) in [6, 6.07) is 8.79. The molecule has 1 unspecified atom stereocenters. The second-order valence-corrected chi connectivity index (χ2v) is 9.17. The van der Waals surface area contributed by atoms with E-state index in [0.29, 0.717) is 16.2 Å². The zero-order valence-electron chi connectivity index (χ0n) is 16.2. The Morgan fingerprint density at radius 2 is 1.82 bits per heavy atom. The minimum atomic E-state index is -5.70. The third kappa shape index (κ3) is 5.56. The van der Waals surface area contributed by atoms with Crippen molar-refractivity contribution >= 4 is 32.7 Å². The molecule has 2 rings (SSSR count). The summed E-state index contributed by atoms with van der Waals surface area (Å²) in [4.78, 5) is 0.343. The molecule has 3 nitrogen and oxygen atoms in total. The molecule has 0 spiro atoms. The van der Waals surface area contributed by atoms with E-state index in [1.807, 2.05) is 12.1 Å². The first-order chi connectivity index (χ1) is 13.1. The van der Waals surface area contributed by atoms with Gasteiger partial charge in [0.15, 0.2) is 5.75 Å². The van der Waals surface area contributed by atoms with Gasteiger partial charge < -0.3 is 4.18 Å². The molecule has 28 heavy (non-hydrogen) atoms. The van der Waals surface area contributed by atoms with Crippen LogP contribution in [0.3, 0.4) is 0 Å². The van der Waals surface area contributed by atoms with Gasteiger partial charge in [-0.25, -0.2) is 0 Å². The van der Waals surface area contributed by atoms with Gasteiger partial charge in [0.2, 0.25) is 0 Å². The van der Waals surface area contributed by atoms with Gasteiger partial charge in [-0.1, -0.05) is 57.7 Å². The highest BCUT2D eigenvalue weighted by Gasteiger charge is 2.48. The molecule has 2 aromatic carbocycles. The van der Waals surface area contributed by atoms with Crippen molar-refractivity contribution in [2.75, 3.05) is 6.26 Å². The van der Waals surface area contributed by atoms with Crippen molar-refractivity contribution in [2.45, 2.75) is 56.4 Å². The standard InChI is InChI=1S/C20H25F3O3S2/c1-4-6-7-14(5-2)10-15-8-9-16-12-18(19(27-3)13-17(16)11-15)26-28(24,25)20(21,22)23/h8-9,11-14H,4-7,10H2,1-3H3. The number of fused-ring (bicyclic) bond motifs is 1. The summed E-state index contributed by atoms with van der Waals surface area (Å²) < 4.78 is 65.0. The van der Waals surface area contributed by atoms with Crippen LogP contribution in [-0.2, 0) is 16.5 Å². The van der Waals surface area contributed by atoms with Gasteiger partial charge in [-0.3, -0.25) is 0 Å². The molecule has 0 aliphatic heterocycles. The van der Waals surface area contributed by atoms with E-state index in [-0.39, 0.29) is 5.75 Å². The van der Waals surface area contributed by atoms with E-state index in [4.69, 9.17) is 0 Å². The molecule has 0 saturated carbocycles. The molecule has 0 heterocycles. The number of benzene rings is 2. The molecule has 0 aliphatic rings. The Hall–Kier alpha value is -1.41. The quantitative estimate of drug-likeness (QED) is 0.255. The van der Waals surface area contributed by atoms with Gasteiger partial charge in [0.05, 0.1) is 4.90 Å². The van der Waals surface area contributed by atoms with Crippen molar-refractivity contribution < 1.29 is 25.8 Å². The molecule has 0 aliphatic carbocycles. The zero-order valence-corrected chi connectivity index (χ0v) is 17.8. The van der Waals surface area contributed by atoms with Crippen LogP contribution in [0.2, 0.25) is 0 Å². The summed E-state index contributed by atoms with van der Waals surface area (Å²) >= 11 is 1.14. The summed E-state index contributed by atoms with van der Waals surface area (Å²) in [7, 11) is -5.70. The maximum absolute atomic E-state index is 12.6. The molecule has 1 atom stereocenters. The highest BCUT2D eigenvalue weighted by molar-refractivity contribution is 7.98. The number of alkyl halides is 3. The molecule has 0 radical (unpaired) electrons. The normalized spacial score (nSPS) is 13.6. The van der Waals surface area contributed by atoms with Gasteiger partial charge in [-0.15, -0.1) is 11.8 Å². The van der Waals surface area contributed by atoms with Crippen LogP contribution in [0.4, 0.5) is 13.2 Å². The molecule has 0 N–H and O–H groups in total. The van der Waals surface area contributed by atoms with Gasteiger partial charge in [-0.2, -0.15) is 21.6 Å². The second kappa shape index (κ2) is 9.39. The Bertz CT molecular complexity index is 909. The van der Waals surface area contributed by atoms with E-state index in [2.05, 4.69) is 18.0 Å². The Morgan fingerprint density at radius 3 is 2.39 bits per heavy atom. The Kier molecular flexibility index (Phi) is 7.67. The maximum Gasteiger partial charge on any atom is 0.534 e. The molecule has 0 fully saturated rings. The third-order valence-electron chi connectivity index (χ3n) is 4.74. The van der Waals surface area contributed by atoms with Gasteiger partial charge >= 0.3 is 15.6 Å². The molecule has 0 saturated heterocycles. The van der Waals surface area contributed by atoms with Gasteiger partial charge in [0, 0.05) is 0 Å². The number of halogens is 3. The number of hydrogen-bond acceptors (Lipinski definition) is 4. The second-order valence-electron chi connectivity index (χ2n) is 6.79. The van der Waals surface area contributed by atoms with Crippen molar-refractivity contribution in [2.24, 2.45) is 5.92 Å². The van der Waals surface area contributed by atoms with E-state index >= 15 is 0 Å². The van der Waals surface area contributed by atoms with Crippen LogP contribution < -0.4 is 4.18 Å². The summed E-state index contributed by atoms with van der Waals surface area (Å²) in [5.74, 6) is 0.288.